The van der Waals surface area contributed by atoms with E-state index in [0.29, 0.717) is 22.6 Å². The summed E-state index contributed by atoms with van der Waals surface area (Å²) in [5.74, 6) is -0.754. The summed E-state index contributed by atoms with van der Waals surface area (Å²) in [6.07, 6.45) is 0. The van der Waals surface area contributed by atoms with E-state index in [2.05, 4.69) is 5.32 Å². The standard InChI is InChI=1S/C23H19NO5/c1-28-21-10-6-5-9-19(21)22(26)24-18-13-11-17(12-14-18)23(27)29-15-20(25)16-7-3-2-4-8-16/h2-14H,15H2,1H3,(H,24,26). The first-order chi connectivity index (χ1) is 14.1. The zero-order valence-electron chi connectivity index (χ0n) is 15.8. The number of esters is 1. The van der Waals surface area contributed by atoms with Crippen LogP contribution in [-0.4, -0.2) is 31.4 Å². The van der Waals surface area contributed by atoms with Gasteiger partial charge in [-0.1, -0.05) is 42.5 Å². The van der Waals surface area contributed by atoms with Crippen LogP contribution in [0.2, 0.25) is 0 Å². The predicted octanol–water partition coefficient (Wildman–Crippen LogP) is 3.99. The summed E-state index contributed by atoms with van der Waals surface area (Å²) in [4.78, 5) is 36.6. The van der Waals surface area contributed by atoms with E-state index in [4.69, 9.17) is 9.47 Å². The van der Waals surface area contributed by atoms with Crippen molar-refractivity contribution in [1.82, 2.24) is 0 Å². The Labute approximate surface area is 168 Å². The minimum Gasteiger partial charge on any atom is -0.496 e. The number of carbonyl (C=O) groups is 3. The Bertz CT molecular complexity index is 1010. The molecule has 0 atom stereocenters. The predicted molar refractivity (Wildman–Crippen MR) is 108 cm³/mol. The number of amides is 1. The van der Waals surface area contributed by atoms with Crippen LogP contribution >= 0.6 is 0 Å². The first-order valence-electron chi connectivity index (χ1n) is 8.88. The molecule has 0 unspecified atom stereocenters. The van der Waals surface area contributed by atoms with Gasteiger partial charge in [-0.05, 0) is 36.4 Å². The second-order valence-corrected chi connectivity index (χ2v) is 6.10. The highest BCUT2D eigenvalue weighted by atomic mass is 16.5. The lowest BCUT2D eigenvalue weighted by Crippen LogP contribution is -2.15. The fraction of sp³-hybridized carbons (Fsp3) is 0.0870. The van der Waals surface area contributed by atoms with Crippen molar-refractivity contribution in [1.29, 1.82) is 0 Å². The quantitative estimate of drug-likeness (QED) is 0.488. The third-order valence-corrected chi connectivity index (χ3v) is 4.16. The second-order valence-electron chi connectivity index (χ2n) is 6.10. The number of Topliss-reactive ketones (excluding diaryl/α,β-unsaturated/α-hetero) is 1. The molecule has 146 valence electrons. The SMILES string of the molecule is COc1ccccc1C(=O)Nc1ccc(C(=O)OCC(=O)c2ccccc2)cc1. The summed E-state index contributed by atoms with van der Waals surface area (Å²) in [5.41, 5.74) is 1.67. The maximum absolute atomic E-state index is 12.4. The molecule has 0 aliphatic rings. The molecule has 0 aromatic heterocycles. The Balaban J connectivity index is 1.59. The number of hydrogen-bond acceptors (Lipinski definition) is 5. The Kier molecular flexibility index (Phi) is 6.37. The molecule has 3 aromatic carbocycles. The van der Waals surface area contributed by atoms with Gasteiger partial charge in [0.05, 0.1) is 18.2 Å². The average molecular weight is 389 g/mol. The lowest BCUT2D eigenvalue weighted by atomic mass is 10.1. The zero-order valence-corrected chi connectivity index (χ0v) is 15.8. The maximum atomic E-state index is 12.4. The van der Waals surface area contributed by atoms with Crippen LogP contribution in [-0.2, 0) is 4.74 Å². The summed E-state index contributed by atoms with van der Waals surface area (Å²) < 4.78 is 10.3. The number of rotatable bonds is 7. The molecule has 6 nitrogen and oxygen atoms in total. The topological polar surface area (TPSA) is 81.7 Å². The monoisotopic (exact) mass is 389 g/mol. The minimum atomic E-state index is -0.614. The first kappa shape index (κ1) is 19.8. The van der Waals surface area contributed by atoms with Gasteiger partial charge < -0.3 is 14.8 Å². The van der Waals surface area contributed by atoms with Crippen LogP contribution in [0.25, 0.3) is 0 Å². The summed E-state index contributed by atoms with van der Waals surface area (Å²) >= 11 is 0. The lowest BCUT2D eigenvalue weighted by Gasteiger charge is -2.09. The molecular weight excluding hydrogens is 370 g/mol. The fourth-order valence-corrected chi connectivity index (χ4v) is 2.64. The number of nitrogens with one attached hydrogen (secondary N) is 1. The summed E-state index contributed by atoms with van der Waals surface area (Å²) in [6, 6.07) is 21.7. The van der Waals surface area contributed by atoms with Crippen LogP contribution in [0, 0.1) is 0 Å². The van der Waals surface area contributed by atoms with E-state index in [1.54, 1.807) is 66.7 Å². The smallest absolute Gasteiger partial charge is 0.338 e. The maximum Gasteiger partial charge on any atom is 0.338 e. The molecule has 0 spiro atoms. The number of hydrogen-bond donors (Lipinski definition) is 1. The van der Waals surface area contributed by atoms with Crippen LogP contribution in [0.4, 0.5) is 5.69 Å². The van der Waals surface area contributed by atoms with Gasteiger partial charge in [0.2, 0.25) is 0 Å². The van der Waals surface area contributed by atoms with Crippen molar-refractivity contribution in [3.63, 3.8) is 0 Å². The van der Waals surface area contributed by atoms with Crippen LogP contribution < -0.4 is 10.1 Å². The van der Waals surface area contributed by atoms with Crippen LogP contribution in [0.15, 0.2) is 78.9 Å². The molecular formula is C23H19NO5. The number of benzene rings is 3. The third kappa shape index (κ3) is 5.07. The molecule has 1 amide bonds. The number of ether oxygens (including phenoxy) is 2. The van der Waals surface area contributed by atoms with Gasteiger partial charge in [-0.25, -0.2) is 4.79 Å². The molecule has 0 saturated carbocycles. The molecule has 3 rings (SSSR count). The van der Waals surface area contributed by atoms with Crippen molar-refractivity contribution >= 4 is 23.3 Å². The fourth-order valence-electron chi connectivity index (χ4n) is 2.64. The Hall–Kier alpha value is -3.93. The van der Waals surface area contributed by atoms with Crippen molar-refractivity contribution in [2.24, 2.45) is 0 Å². The van der Waals surface area contributed by atoms with Crippen molar-refractivity contribution in [3.8, 4) is 5.75 Å². The number of para-hydroxylation sites is 1. The average Bonchev–Trinajstić information content (AvgIpc) is 2.78. The molecule has 0 aliphatic carbocycles. The normalized spacial score (nSPS) is 10.1. The van der Waals surface area contributed by atoms with Gasteiger partial charge >= 0.3 is 5.97 Å². The lowest BCUT2D eigenvalue weighted by molar-refractivity contribution is 0.0475. The highest BCUT2D eigenvalue weighted by Gasteiger charge is 2.14. The van der Waals surface area contributed by atoms with Crippen molar-refractivity contribution in [3.05, 3.63) is 95.6 Å². The van der Waals surface area contributed by atoms with Crippen molar-refractivity contribution < 1.29 is 23.9 Å². The number of carbonyl (C=O) groups excluding carboxylic acids is 3. The van der Waals surface area contributed by atoms with E-state index in [-0.39, 0.29) is 23.9 Å². The molecule has 1 N–H and O–H groups in total. The molecule has 0 bridgehead atoms. The number of anilines is 1. The Morgan fingerprint density at radius 3 is 2.14 bits per heavy atom. The molecule has 0 fully saturated rings. The Morgan fingerprint density at radius 2 is 1.45 bits per heavy atom. The molecule has 0 radical (unpaired) electrons. The zero-order chi connectivity index (χ0) is 20.6. The first-order valence-corrected chi connectivity index (χ1v) is 8.88. The van der Waals surface area contributed by atoms with E-state index in [1.807, 2.05) is 0 Å². The van der Waals surface area contributed by atoms with Crippen LogP contribution in [0.3, 0.4) is 0 Å². The van der Waals surface area contributed by atoms with Gasteiger partial charge in [0.15, 0.2) is 12.4 Å². The van der Waals surface area contributed by atoms with Gasteiger partial charge in [0.1, 0.15) is 5.75 Å². The van der Waals surface area contributed by atoms with Gasteiger partial charge in [0.25, 0.3) is 5.91 Å². The van der Waals surface area contributed by atoms with Crippen LogP contribution in [0.1, 0.15) is 31.1 Å². The van der Waals surface area contributed by atoms with Crippen molar-refractivity contribution in [2.75, 3.05) is 19.0 Å². The van der Waals surface area contributed by atoms with E-state index >= 15 is 0 Å². The number of ketones is 1. The summed E-state index contributed by atoms with van der Waals surface area (Å²) in [6.45, 7) is -0.338. The summed E-state index contributed by atoms with van der Waals surface area (Å²) in [5, 5.41) is 2.75. The van der Waals surface area contributed by atoms with Gasteiger partial charge in [-0.3, -0.25) is 9.59 Å². The highest BCUT2D eigenvalue weighted by Crippen LogP contribution is 2.19. The third-order valence-electron chi connectivity index (χ3n) is 4.16. The van der Waals surface area contributed by atoms with Gasteiger partial charge in [0, 0.05) is 11.3 Å². The molecule has 0 saturated heterocycles. The van der Waals surface area contributed by atoms with Gasteiger partial charge in [-0.15, -0.1) is 0 Å². The highest BCUT2D eigenvalue weighted by molar-refractivity contribution is 6.06. The van der Waals surface area contributed by atoms with Crippen molar-refractivity contribution in [2.45, 2.75) is 0 Å². The minimum absolute atomic E-state index is 0.278. The molecule has 0 heterocycles. The largest absolute Gasteiger partial charge is 0.496 e. The van der Waals surface area contributed by atoms with E-state index in [9.17, 15) is 14.4 Å². The molecule has 6 heteroatoms. The van der Waals surface area contributed by atoms with E-state index < -0.39 is 5.97 Å². The second kappa shape index (κ2) is 9.32. The Morgan fingerprint density at radius 1 is 0.793 bits per heavy atom. The van der Waals surface area contributed by atoms with E-state index in [0.717, 1.165) is 0 Å². The summed E-state index contributed by atoms with van der Waals surface area (Å²) in [7, 11) is 1.50. The number of methoxy groups -OCH3 is 1. The van der Waals surface area contributed by atoms with Crippen LogP contribution in [0.5, 0.6) is 5.75 Å². The molecule has 29 heavy (non-hydrogen) atoms. The van der Waals surface area contributed by atoms with Gasteiger partial charge in [-0.2, -0.15) is 0 Å². The molecule has 0 aliphatic heterocycles. The van der Waals surface area contributed by atoms with E-state index in [1.165, 1.54) is 19.2 Å². The molecule has 3 aromatic rings.